The molecule has 4 saturated carbocycles. The number of methoxy groups -OCH3 is 1. The molecule has 4 aliphatic carbocycles. The summed E-state index contributed by atoms with van der Waals surface area (Å²) < 4.78 is 67.5. The van der Waals surface area contributed by atoms with Gasteiger partial charge < -0.3 is 34.5 Å². The van der Waals surface area contributed by atoms with Gasteiger partial charge in [0.05, 0.1) is 30.7 Å². The van der Waals surface area contributed by atoms with Gasteiger partial charge in [0.1, 0.15) is 35.6 Å². The molecule has 5 fully saturated rings. The number of ether oxygens (including phenoxy) is 4. The zero-order valence-corrected chi connectivity index (χ0v) is 38.9. The van der Waals surface area contributed by atoms with Gasteiger partial charge in [-0.25, -0.2) is 22.6 Å². The molecule has 0 spiro atoms. The van der Waals surface area contributed by atoms with E-state index >= 15 is 9.18 Å². The van der Waals surface area contributed by atoms with Gasteiger partial charge >= 0.3 is 6.09 Å². The van der Waals surface area contributed by atoms with Crippen LogP contribution < -0.4 is 29.6 Å². The molecule has 4 amide bonds. The first-order chi connectivity index (χ1) is 31.5. The number of hydrogen-bond acceptors (Lipinski definition) is 11. The molecule has 10 atom stereocenters. The summed E-state index contributed by atoms with van der Waals surface area (Å²) in [6, 6.07) is 9.43. The largest absolute Gasteiger partial charge is 0.497 e. The number of pyridine rings is 1. The fraction of sp³-hybridized carbons (Fsp3) is 0.571. The van der Waals surface area contributed by atoms with E-state index in [4.69, 9.17) is 23.9 Å². The quantitative estimate of drug-likeness (QED) is 0.176. The second-order valence-electron chi connectivity index (χ2n) is 19.8. The van der Waals surface area contributed by atoms with Crippen LogP contribution >= 0.6 is 0 Å². The Balaban J connectivity index is 1.05. The molecule has 3 aromatic rings. The van der Waals surface area contributed by atoms with E-state index in [0.717, 1.165) is 25.7 Å². The van der Waals surface area contributed by atoms with Crippen molar-refractivity contribution in [2.24, 2.45) is 29.6 Å². The van der Waals surface area contributed by atoms with Gasteiger partial charge in [0.2, 0.25) is 27.7 Å². The predicted octanol–water partition coefficient (Wildman–Crippen LogP) is 6.57. The van der Waals surface area contributed by atoms with Crippen molar-refractivity contribution in [2.75, 3.05) is 13.7 Å². The molecule has 66 heavy (non-hydrogen) atoms. The Bertz CT molecular complexity index is 2540. The smallest absolute Gasteiger partial charge is 0.408 e. The summed E-state index contributed by atoms with van der Waals surface area (Å²) in [6.07, 6.45) is 7.59. The number of benzene rings is 2. The number of nitrogens with one attached hydrogen (secondary N) is 3. The highest BCUT2D eigenvalue weighted by atomic mass is 32.2. The molecule has 1 saturated heterocycles. The zero-order valence-electron chi connectivity index (χ0n) is 38.1. The number of carbonyl (C=O) groups is 4. The normalized spacial score (nSPS) is 31.3. The van der Waals surface area contributed by atoms with Crippen molar-refractivity contribution in [3.63, 3.8) is 0 Å². The third-order valence-corrected chi connectivity index (χ3v) is 16.1. The van der Waals surface area contributed by atoms with Crippen molar-refractivity contribution < 1.29 is 50.9 Å². The SMILES string of the molecule is COc1ccc2c(O[C@@H]3C[C@H]4C(=O)N[C@]5(C(=O)NS(=O)(=O)C6CC6)CC5/C=C\CC[C@@H](C)C[C@@H](C)[C@H](NC(=O)OC5C[C@@H]6C[C@@H]6C5)C(=O)N4C3)nc(-c3ccc(OC(C)C)c(F)c3)cc2c1. The van der Waals surface area contributed by atoms with E-state index in [9.17, 15) is 22.8 Å². The summed E-state index contributed by atoms with van der Waals surface area (Å²) in [5.41, 5.74) is -0.734. The lowest BCUT2D eigenvalue weighted by Crippen LogP contribution is -2.59. The van der Waals surface area contributed by atoms with Gasteiger partial charge in [-0.3, -0.25) is 19.1 Å². The van der Waals surface area contributed by atoms with E-state index in [1.54, 1.807) is 43.5 Å². The first-order valence-electron chi connectivity index (χ1n) is 23.4. The van der Waals surface area contributed by atoms with Crippen molar-refractivity contribution >= 4 is 44.6 Å². The zero-order chi connectivity index (χ0) is 46.7. The Kier molecular flexibility index (Phi) is 12.4. The third kappa shape index (κ3) is 9.68. The maximum atomic E-state index is 15.4. The van der Waals surface area contributed by atoms with Crippen LogP contribution in [0.1, 0.15) is 91.9 Å². The topological polar surface area (TPSA) is 192 Å². The van der Waals surface area contributed by atoms with Gasteiger partial charge in [0.25, 0.3) is 5.91 Å². The van der Waals surface area contributed by atoms with Crippen LogP contribution in [0.4, 0.5) is 9.18 Å². The maximum absolute atomic E-state index is 15.4. The minimum Gasteiger partial charge on any atom is -0.497 e. The van der Waals surface area contributed by atoms with Crippen molar-refractivity contribution in [3.8, 4) is 28.6 Å². The number of fused-ring (bicyclic) bond motifs is 4. The highest BCUT2D eigenvalue weighted by Crippen LogP contribution is 2.52. The van der Waals surface area contributed by atoms with Crippen LogP contribution in [0, 0.1) is 35.4 Å². The highest BCUT2D eigenvalue weighted by Gasteiger charge is 2.62. The van der Waals surface area contributed by atoms with Crippen molar-refractivity contribution in [1.29, 1.82) is 0 Å². The standard InChI is InChI=1S/C49H60FN5O10S/c1-26(2)63-42-15-10-29(21-39(42)50)40-22-32-20-34(62-5)11-14-38(32)45(51-40)64-36-23-41-44(56)53-49(47(58)54-66(60,61)37-12-13-37)24-33(49)9-7-6-8-27(3)16-28(4)43(46(57)55(41)25-36)52-48(59)65-35-18-30-17-31(30)19-35/h7,9-11,14-15,20-22,26-28,30-31,33,35-37,41,43H,6,8,12-13,16-19,23-25H2,1-5H3,(H,52,59)(H,53,56)(H,54,58)/b9-7-/t27-,28-,30-,31+,33?,35?,36-,41+,43+,49-/m1/s1. The summed E-state index contributed by atoms with van der Waals surface area (Å²) in [5, 5.41) is 6.43. The molecule has 9 rings (SSSR count). The van der Waals surface area contributed by atoms with Crippen LogP contribution in [0.15, 0.2) is 54.6 Å². The molecule has 2 aromatic carbocycles. The van der Waals surface area contributed by atoms with E-state index in [-0.39, 0.29) is 55.1 Å². The van der Waals surface area contributed by atoms with Crippen molar-refractivity contribution in [3.05, 3.63) is 60.4 Å². The Morgan fingerprint density at radius 1 is 0.970 bits per heavy atom. The van der Waals surface area contributed by atoms with Gasteiger partial charge in [0.15, 0.2) is 11.6 Å². The Morgan fingerprint density at radius 3 is 2.45 bits per heavy atom. The van der Waals surface area contributed by atoms with Gasteiger partial charge in [-0.1, -0.05) is 26.0 Å². The summed E-state index contributed by atoms with van der Waals surface area (Å²) in [7, 11) is -2.40. The minimum atomic E-state index is -3.95. The Labute approximate surface area is 385 Å². The molecule has 15 nitrogen and oxygen atoms in total. The fourth-order valence-electron chi connectivity index (χ4n) is 10.3. The summed E-state index contributed by atoms with van der Waals surface area (Å²) in [5.74, 6) is -1.32. The lowest BCUT2D eigenvalue weighted by Gasteiger charge is -2.33. The second kappa shape index (κ2) is 18.0. The molecule has 3 N–H and O–H groups in total. The molecule has 6 aliphatic rings. The Morgan fingerprint density at radius 2 is 1.74 bits per heavy atom. The average Bonchev–Trinajstić information content (AvgIpc) is 4.23. The van der Waals surface area contributed by atoms with Crippen LogP contribution in [0.3, 0.4) is 0 Å². The maximum Gasteiger partial charge on any atom is 0.408 e. The number of rotatable bonds is 11. The number of allylic oxidation sites excluding steroid dienone is 1. The molecular weight excluding hydrogens is 870 g/mol. The lowest BCUT2D eigenvalue weighted by molar-refractivity contribution is -0.142. The number of hydrogen-bond donors (Lipinski definition) is 3. The van der Waals surface area contributed by atoms with Crippen LogP contribution in [-0.2, 0) is 29.1 Å². The number of nitrogens with zero attached hydrogens (tertiary/aromatic N) is 2. The first kappa shape index (κ1) is 45.7. The molecule has 354 valence electrons. The number of alkyl carbamates (subject to hydrolysis) is 1. The average molecular weight is 930 g/mol. The monoisotopic (exact) mass is 929 g/mol. The second-order valence-corrected chi connectivity index (χ2v) is 21.8. The third-order valence-electron chi connectivity index (χ3n) is 14.2. The van der Waals surface area contributed by atoms with E-state index in [1.807, 2.05) is 32.9 Å². The molecule has 1 aromatic heterocycles. The molecule has 2 aliphatic heterocycles. The predicted molar refractivity (Wildman–Crippen MR) is 242 cm³/mol. The fourth-order valence-corrected chi connectivity index (χ4v) is 11.7. The van der Waals surface area contributed by atoms with Crippen molar-refractivity contribution in [2.45, 2.75) is 133 Å². The number of aromatic nitrogens is 1. The summed E-state index contributed by atoms with van der Waals surface area (Å²) in [4.78, 5) is 63.9. The molecule has 17 heteroatoms. The van der Waals surface area contributed by atoms with Crippen LogP contribution in [0.2, 0.25) is 0 Å². The number of sulfonamides is 1. The molecule has 0 bridgehead atoms. The number of carbonyl (C=O) groups excluding carboxylic acids is 4. The minimum absolute atomic E-state index is 0.0393. The molecular formula is C49H60FN5O10S. The van der Waals surface area contributed by atoms with Gasteiger partial charge in [-0.15, -0.1) is 0 Å². The van der Waals surface area contributed by atoms with Crippen LogP contribution in [-0.4, -0.2) is 97.0 Å². The van der Waals surface area contributed by atoms with Crippen LogP contribution in [0.5, 0.6) is 17.4 Å². The van der Waals surface area contributed by atoms with Crippen molar-refractivity contribution in [1.82, 2.24) is 25.2 Å². The summed E-state index contributed by atoms with van der Waals surface area (Å²) in [6.45, 7) is 7.51. The van der Waals surface area contributed by atoms with Crippen LogP contribution in [0.25, 0.3) is 22.0 Å². The molecule has 0 radical (unpaired) electrons. The molecule has 2 unspecified atom stereocenters. The lowest BCUT2D eigenvalue weighted by atomic mass is 9.88. The van der Waals surface area contributed by atoms with E-state index < -0.39 is 74.5 Å². The van der Waals surface area contributed by atoms with Gasteiger partial charge in [0, 0.05) is 23.3 Å². The highest BCUT2D eigenvalue weighted by molar-refractivity contribution is 7.91. The van der Waals surface area contributed by atoms with Gasteiger partial charge in [-0.2, -0.15) is 0 Å². The number of amides is 4. The first-order valence-corrected chi connectivity index (χ1v) is 25.0. The Hall–Kier alpha value is -5.45. The summed E-state index contributed by atoms with van der Waals surface area (Å²) >= 11 is 0. The number of halogens is 1. The van der Waals surface area contributed by atoms with E-state index in [1.165, 1.54) is 11.0 Å². The van der Waals surface area contributed by atoms with Gasteiger partial charge in [-0.05, 0) is 143 Å². The molecule has 3 heterocycles. The van der Waals surface area contributed by atoms with E-state index in [0.29, 0.717) is 65.3 Å². The van der Waals surface area contributed by atoms with E-state index in [2.05, 4.69) is 22.3 Å².